The van der Waals surface area contributed by atoms with Crippen molar-refractivity contribution in [2.24, 2.45) is 0 Å². The SMILES string of the molecule is O=C(CI)NCCCCCCCCCCCNC(=O)CI. The first-order valence-electron chi connectivity index (χ1n) is 7.86. The van der Waals surface area contributed by atoms with E-state index < -0.39 is 0 Å². The average molecular weight is 522 g/mol. The third kappa shape index (κ3) is 16.6. The molecule has 0 aliphatic rings. The Morgan fingerprint density at radius 2 is 0.857 bits per heavy atom. The fourth-order valence-electron chi connectivity index (χ4n) is 2.04. The lowest BCUT2D eigenvalue weighted by atomic mass is 10.1. The quantitative estimate of drug-likeness (QED) is 0.208. The predicted molar refractivity (Wildman–Crippen MR) is 105 cm³/mol. The average Bonchev–Trinajstić information content (AvgIpc) is 2.51. The topological polar surface area (TPSA) is 58.2 Å². The van der Waals surface area contributed by atoms with Crippen LogP contribution < -0.4 is 10.6 Å². The Kier molecular flexibility index (Phi) is 17.1. The van der Waals surface area contributed by atoms with Gasteiger partial charge in [0.1, 0.15) is 0 Å². The molecule has 4 nitrogen and oxygen atoms in total. The van der Waals surface area contributed by atoms with E-state index in [9.17, 15) is 9.59 Å². The summed E-state index contributed by atoms with van der Waals surface area (Å²) in [5.41, 5.74) is 0. The van der Waals surface area contributed by atoms with Crippen molar-refractivity contribution in [2.45, 2.75) is 57.8 Å². The Hall–Kier alpha value is 0.400. The summed E-state index contributed by atoms with van der Waals surface area (Å²) in [4.78, 5) is 22.0. The van der Waals surface area contributed by atoms with E-state index in [4.69, 9.17) is 0 Å². The number of rotatable bonds is 14. The van der Waals surface area contributed by atoms with Crippen molar-refractivity contribution in [1.29, 1.82) is 0 Å². The Morgan fingerprint density at radius 3 is 1.14 bits per heavy atom. The highest BCUT2D eigenvalue weighted by Gasteiger charge is 1.97. The molecule has 0 fully saturated rings. The summed E-state index contributed by atoms with van der Waals surface area (Å²) in [7, 11) is 0. The van der Waals surface area contributed by atoms with Gasteiger partial charge in [-0.25, -0.2) is 0 Å². The normalized spacial score (nSPS) is 10.4. The maximum Gasteiger partial charge on any atom is 0.229 e. The fourth-order valence-corrected chi connectivity index (χ4v) is 2.58. The lowest BCUT2D eigenvalue weighted by Crippen LogP contribution is -2.25. The van der Waals surface area contributed by atoms with E-state index in [1.165, 1.54) is 44.9 Å². The van der Waals surface area contributed by atoms with Crippen LogP contribution in [0.2, 0.25) is 0 Å². The van der Waals surface area contributed by atoms with E-state index in [0.29, 0.717) is 8.86 Å². The highest BCUT2D eigenvalue weighted by atomic mass is 127. The summed E-state index contributed by atoms with van der Waals surface area (Å²) in [6, 6.07) is 0. The van der Waals surface area contributed by atoms with Crippen LogP contribution in [0, 0.1) is 0 Å². The summed E-state index contributed by atoms with van der Waals surface area (Å²) >= 11 is 4.16. The fraction of sp³-hybridized carbons (Fsp3) is 0.867. The molecule has 0 heterocycles. The smallest absolute Gasteiger partial charge is 0.229 e. The Balaban J connectivity index is 3.06. The van der Waals surface area contributed by atoms with Gasteiger partial charge in [-0.05, 0) is 12.8 Å². The largest absolute Gasteiger partial charge is 0.355 e. The molecule has 2 amide bonds. The van der Waals surface area contributed by atoms with Gasteiger partial charge in [-0.15, -0.1) is 0 Å². The molecule has 0 saturated heterocycles. The maximum absolute atomic E-state index is 11.0. The van der Waals surface area contributed by atoms with E-state index in [1.54, 1.807) is 0 Å². The van der Waals surface area contributed by atoms with Gasteiger partial charge in [-0.2, -0.15) is 0 Å². The Bertz CT molecular complexity index is 250. The van der Waals surface area contributed by atoms with Crippen LogP contribution in [0.25, 0.3) is 0 Å². The number of carbonyl (C=O) groups excluding carboxylic acids is 2. The molecule has 0 radical (unpaired) electrons. The molecule has 0 saturated carbocycles. The lowest BCUT2D eigenvalue weighted by Gasteiger charge is -2.04. The molecule has 0 aromatic heterocycles. The van der Waals surface area contributed by atoms with Crippen molar-refractivity contribution in [3.8, 4) is 0 Å². The molecule has 2 N–H and O–H groups in total. The van der Waals surface area contributed by atoms with E-state index in [1.807, 2.05) is 0 Å². The zero-order valence-corrected chi connectivity index (χ0v) is 17.1. The minimum Gasteiger partial charge on any atom is -0.355 e. The van der Waals surface area contributed by atoms with Crippen molar-refractivity contribution in [3.05, 3.63) is 0 Å². The molecule has 0 bridgehead atoms. The number of unbranched alkanes of at least 4 members (excludes halogenated alkanes) is 8. The first-order valence-corrected chi connectivity index (χ1v) is 10.9. The number of hydrogen-bond donors (Lipinski definition) is 2. The number of halogens is 2. The van der Waals surface area contributed by atoms with Gasteiger partial charge in [0, 0.05) is 13.1 Å². The molecular formula is C15H28I2N2O2. The third-order valence-corrected chi connectivity index (χ3v) is 4.63. The molecule has 0 aliphatic carbocycles. The van der Waals surface area contributed by atoms with Gasteiger partial charge in [0.05, 0.1) is 8.86 Å². The number of alkyl halides is 2. The van der Waals surface area contributed by atoms with Crippen LogP contribution >= 0.6 is 45.2 Å². The van der Waals surface area contributed by atoms with Gasteiger partial charge in [0.15, 0.2) is 0 Å². The third-order valence-electron chi connectivity index (χ3n) is 3.24. The van der Waals surface area contributed by atoms with E-state index in [2.05, 4.69) is 55.8 Å². The number of amides is 2. The van der Waals surface area contributed by atoms with Crippen LogP contribution in [0.1, 0.15) is 57.8 Å². The molecule has 0 spiro atoms. The number of nitrogens with one attached hydrogen (secondary N) is 2. The zero-order chi connectivity index (χ0) is 15.8. The molecular weight excluding hydrogens is 494 g/mol. The monoisotopic (exact) mass is 522 g/mol. The molecule has 21 heavy (non-hydrogen) atoms. The van der Waals surface area contributed by atoms with Crippen LogP contribution in [0.3, 0.4) is 0 Å². The molecule has 0 atom stereocenters. The number of carbonyl (C=O) groups is 2. The standard InChI is InChI=1S/C15H28I2N2O2/c16-12-14(20)18-10-8-6-4-2-1-3-5-7-9-11-19-15(21)13-17/h1-13H2,(H,18,20)(H,19,21). The van der Waals surface area contributed by atoms with Crippen molar-refractivity contribution in [2.75, 3.05) is 21.9 Å². The molecule has 6 heteroatoms. The van der Waals surface area contributed by atoms with Crippen molar-refractivity contribution in [3.63, 3.8) is 0 Å². The van der Waals surface area contributed by atoms with Gasteiger partial charge in [0.25, 0.3) is 0 Å². The summed E-state index contributed by atoms with van der Waals surface area (Å²) < 4.78 is 1.11. The molecule has 0 aliphatic heterocycles. The Labute approximate surface area is 156 Å². The predicted octanol–water partition coefficient (Wildman–Crippen LogP) is 3.60. The summed E-state index contributed by atoms with van der Waals surface area (Å²) in [6.45, 7) is 1.65. The summed E-state index contributed by atoms with van der Waals surface area (Å²) in [5, 5.41) is 5.80. The molecule has 0 aromatic rings. The van der Waals surface area contributed by atoms with Gasteiger partial charge in [-0.1, -0.05) is 90.1 Å². The van der Waals surface area contributed by atoms with Crippen molar-refractivity contribution in [1.82, 2.24) is 10.6 Å². The minimum atomic E-state index is 0.144. The van der Waals surface area contributed by atoms with Crippen LogP contribution in [-0.4, -0.2) is 33.8 Å². The lowest BCUT2D eigenvalue weighted by molar-refractivity contribution is -0.119. The van der Waals surface area contributed by atoms with Gasteiger partial charge in [0.2, 0.25) is 11.8 Å². The van der Waals surface area contributed by atoms with E-state index in [0.717, 1.165) is 25.9 Å². The van der Waals surface area contributed by atoms with Crippen LogP contribution in [0.15, 0.2) is 0 Å². The first kappa shape index (κ1) is 21.4. The molecule has 0 aromatic carbocycles. The number of hydrogen-bond acceptors (Lipinski definition) is 2. The maximum atomic E-state index is 11.0. The minimum absolute atomic E-state index is 0.144. The van der Waals surface area contributed by atoms with Crippen LogP contribution in [0.4, 0.5) is 0 Å². The summed E-state index contributed by atoms with van der Waals surface area (Å²) in [6.07, 6.45) is 11.1. The van der Waals surface area contributed by atoms with E-state index >= 15 is 0 Å². The second-order valence-electron chi connectivity index (χ2n) is 5.15. The van der Waals surface area contributed by atoms with Crippen LogP contribution in [-0.2, 0) is 9.59 Å². The van der Waals surface area contributed by atoms with Crippen LogP contribution in [0.5, 0.6) is 0 Å². The zero-order valence-electron chi connectivity index (χ0n) is 12.8. The van der Waals surface area contributed by atoms with E-state index in [-0.39, 0.29) is 11.8 Å². The van der Waals surface area contributed by atoms with Gasteiger partial charge >= 0.3 is 0 Å². The molecule has 0 rings (SSSR count). The highest BCUT2D eigenvalue weighted by molar-refractivity contribution is 14.1. The first-order chi connectivity index (χ1) is 10.2. The molecule has 124 valence electrons. The van der Waals surface area contributed by atoms with Gasteiger partial charge < -0.3 is 10.6 Å². The van der Waals surface area contributed by atoms with Crippen molar-refractivity contribution < 1.29 is 9.59 Å². The highest BCUT2D eigenvalue weighted by Crippen LogP contribution is 2.09. The summed E-state index contributed by atoms with van der Waals surface area (Å²) in [5.74, 6) is 0.288. The molecule has 0 unspecified atom stereocenters. The second-order valence-corrected chi connectivity index (χ2v) is 6.67. The van der Waals surface area contributed by atoms with Crippen molar-refractivity contribution >= 4 is 57.0 Å². The Morgan fingerprint density at radius 1 is 0.571 bits per heavy atom. The second kappa shape index (κ2) is 16.8. The van der Waals surface area contributed by atoms with Gasteiger partial charge in [-0.3, -0.25) is 9.59 Å².